The summed E-state index contributed by atoms with van der Waals surface area (Å²) in [4.78, 5) is 0. The molecule has 3 nitrogen and oxygen atoms in total. The fourth-order valence-corrected chi connectivity index (χ4v) is 3.07. The molecule has 0 aliphatic carbocycles. The number of hydrogen-bond acceptors (Lipinski definition) is 3. The number of aliphatic hydroxyl groups excluding tert-OH is 2. The lowest BCUT2D eigenvalue weighted by Gasteiger charge is -2.42. The van der Waals surface area contributed by atoms with E-state index in [-0.39, 0.29) is 24.4 Å². The van der Waals surface area contributed by atoms with E-state index in [9.17, 15) is 10.2 Å². The Morgan fingerprint density at radius 1 is 1.14 bits per heavy atom. The number of aliphatic hydroxyl groups is 2. The van der Waals surface area contributed by atoms with Gasteiger partial charge in [-0.1, -0.05) is 13.3 Å². The number of fused-ring (bicyclic) bond motifs is 2. The highest BCUT2D eigenvalue weighted by molar-refractivity contribution is 5.03. The minimum absolute atomic E-state index is 0.102. The van der Waals surface area contributed by atoms with Crippen molar-refractivity contribution in [1.29, 1.82) is 0 Å². The lowest BCUT2D eigenvalue weighted by Crippen LogP contribution is -2.47. The van der Waals surface area contributed by atoms with Crippen molar-refractivity contribution in [3.8, 4) is 0 Å². The summed E-state index contributed by atoms with van der Waals surface area (Å²) in [6, 6.07) is 0. The second-order valence-corrected chi connectivity index (χ2v) is 4.97. The Labute approximate surface area is 85.1 Å². The quantitative estimate of drug-likeness (QED) is 0.716. The van der Waals surface area contributed by atoms with Crippen molar-refractivity contribution in [2.75, 3.05) is 13.2 Å². The van der Waals surface area contributed by atoms with Crippen molar-refractivity contribution in [3.63, 3.8) is 0 Å². The van der Waals surface area contributed by atoms with Crippen LogP contribution in [0.4, 0.5) is 0 Å². The molecule has 0 saturated carbocycles. The Kier molecular flexibility index (Phi) is 2.58. The molecule has 0 aromatic rings. The lowest BCUT2D eigenvalue weighted by molar-refractivity contribution is -0.186. The van der Waals surface area contributed by atoms with E-state index >= 15 is 0 Å². The van der Waals surface area contributed by atoms with Crippen molar-refractivity contribution in [2.45, 2.75) is 50.2 Å². The average Bonchev–Trinajstić information content (AvgIpc) is 2.52. The third-order valence-corrected chi connectivity index (χ3v) is 3.94. The zero-order valence-electron chi connectivity index (χ0n) is 8.83. The summed E-state index contributed by atoms with van der Waals surface area (Å²) in [6.45, 7) is 2.38. The van der Waals surface area contributed by atoms with Crippen LogP contribution in [-0.4, -0.2) is 34.6 Å². The molecule has 2 aliphatic heterocycles. The van der Waals surface area contributed by atoms with Crippen LogP contribution in [-0.2, 0) is 4.74 Å². The van der Waals surface area contributed by atoms with Crippen molar-refractivity contribution in [2.24, 2.45) is 5.92 Å². The summed E-state index contributed by atoms with van der Waals surface area (Å²) >= 11 is 0. The van der Waals surface area contributed by atoms with Gasteiger partial charge in [-0.3, -0.25) is 0 Å². The molecular formula is C11H20O3. The van der Waals surface area contributed by atoms with Crippen LogP contribution in [0.1, 0.15) is 39.0 Å². The third-order valence-electron chi connectivity index (χ3n) is 3.94. The molecule has 2 rings (SSSR count). The maximum atomic E-state index is 9.38. The van der Waals surface area contributed by atoms with Gasteiger partial charge in [0.2, 0.25) is 0 Å². The summed E-state index contributed by atoms with van der Waals surface area (Å²) in [5.41, 5.74) is -0.663. The van der Waals surface area contributed by atoms with Crippen LogP contribution in [0.15, 0.2) is 0 Å². The van der Waals surface area contributed by atoms with Gasteiger partial charge in [0.15, 0.2) is 0 Å². The van der Waals surface area contributed by atoms with Gasteiger partial charge in [-0.15, -0.1) is 0 Å². The van der Waals surface area contributed by atoms with Gasteiger partial charge < -0.3 is 14.9 Å². The maximum absolute atomic E-state index is 9.38. The summed E-state index contributed by atoms with van der Waals surface area (Å²) in [5, 5.41) is 18.8. The average molecular weight is 200 g/mol. The Morgan fingerprint density at radius 3 is 2.00 bits per heavy atom. The second kappa shape index (κ2) is 3.47. The lowest BCUT2D eigenvalue weighted by atomic mass is 9.82. The molecule has 2 heterocycles. The smallest absolute Gasteiger partial charge is 0.0924 e. The molecule has 0 aromatic heterocycles. The fourth-order valence-electron chi connectivity index (χ4n) is 3.07. The Morgan fingerprint density at radius 2 is 1.64 bits per heavy atom. The van der Waals surface area contributed by atoms with E-state index in [2.05, 4.69) is 6.92 Å². The van der Waals surface area contributed by atoms with Gasteiger partial charge in [-0.25, -0.2) is 0 Å². The molecule has 2 bridgehead atoms. The van der Waals surface area contributed by atoms with Crippen molar-refractivity contribution in [3.05, 3.63) is 0 Å². The van der Waals surface area contributed by atoms with Gasteiger partial charge in [0, 0.05) is 0 Å². The first kappa shape index (κ1) is 10.4. The Balaban J connectivity index is 2.18. The van der Waals surface area contributed by atoms with Crippen LogP contribution in [0.2, 0.25) is 0 Å². The second-order valence-electron chi connectivity index (χ2n) is 4.97. The summed E-state index contributed by atoms with van der Waals surface area (Å²) in [7, 11) is 0. The SMILES string of the molecule is CC[C@@H]1C[C@]2(CO)CC[C@](CO)(C1)O2. The first-order valence-corrected chi connectivity index (χ1v) is 5.59. The minimum Gasteiger partial charge on any atom is -0.393 e. The maximum Gasteiger partial charge on any atom is 0.0924 e. The van der Waals surface area contributed by atoms with Gasteiger partial charge in [-0.2, -0.15) is 0 Å². The monoisotopic (exact) mass is 200 g/mol. The predicted molar refractivity (Wildman–Crippen MR) is 53.0 cm³/mol. The normalized spacial score (nSPS) is 46.9. The third kappa shape index (κ3) is 1.47. The summed E-state index contributed by atoms with van der Waals surface area (Å²) < 4.78 is 5.90. The molecule has 0 radical (unpaired) electrons. The van der Waals surface area contributed by atoms with Crippen LogP contribution in [0.3, 0.4) is 0 Å². The van der Waals surface area contributed by atoms with Gasteiger partial charge in [-0.05, 0) is 31.6 Å². The van der Waals surface area contributed by atoms with Gasteiger partial charge in [0.25, 0.3) is 0 Å². The van der Waals surface area contributed by atoms with E-state index < -0.39 is 0 Å². The highest BCUT2D eigenvalue weighted by atomic mass is 16.6. The van der Waals surface area contributed by atoms with E-state index in [1.807, 2.05) is 0 Å². The largest absolute Gasteiger partial charge is 0.393 e. The highest BCUT2D eigenvalue weighted by Gasteiger charge is 2.54. The Bertz CT molecular complexity index is 199. The Hall–Kier alpha value is -0.120. The first-order chi connectivity index (χ1) is 6.67. The molecule has 82 valence electrons. The van der Waals surface area contributed by atoms with Crippen molar-refractivity contribution < 1.29 is 14.9 Å². The van der Waals surface area contributed by atoms with Crippen LogP contribution < -0.4 is 0 Å². The van der Waals surface area contributed by atoms with Gasteiger partial charge in [0.1, 0.15) is 0 Å². The van der Waals surface area contributed by atoms with E-state index in [0.717, 1.165) is 32.1 Å². The molecule has 0 spiro atoms. The molecule has 2 saturated heterocycles. The number of rotatable bonds is 3. The number of hydrogen-bond donors (Lipinski definition) is 2. The van der Waals surface area contributed by atoms with Gasteiger partial charge >= 0.3 is 0 Å². The minimum atomic E-state index is -0.332. The molecular weight excluding hydrogens is 180 g/mol. The molecule has 14 heavy (non-hydrogen) atoms. The molecule has 0 unspecified atom stereocenters. The zero-order valence-corrected chi connectivity index (χ0v) is 8.83. The van der Waals surface area contributed by atoms with E-state index in [1.54, 1.807) is 0 Å². The standard InChI is InChI=1S/C11H20O3/c1-2-9-5-10(7-12)3-4-11(6-9,8-13)14-10/h9,12-13H,2-8H2,1H3/t9-,10+,11-. The highest BCUT2D eigenvalue weighted by Crippen LogP contribution is 2.50. The molecule has 2 N–H and O–H groups in total. The molecule has 2 aliphatic rings. The first-order valence-electron chi connectivity index (χ1n) is 5.59. The van der Waals surface area contributed by atoms with Crippen LogP contribution in [0.5, 0.6) is 0 Å². The van der Waals surface area contributed by atoms with E-state index in [0.29, 0.717) is 5.92 Å². The summed E-state index contributed by atoms with van der Waals surface area (Å²) in [5.74, 6) is 0.602. The van der Waals surface area contributed by atoms with Crippen LogP contribution in [0.25, 0.3) is 0 Å². The molecule has 0 amide bonds. The number of ether oxygens (including phenoxy) is 1. The molecule has 3 atom stereocenters. The fraction of sp³-hybridized carbons (Fsp3) is 1.00. The van der Waals surface area contributed by atoms with Gasteiger partial charge in [0.05, 0.1) is 24.4 Å². The van der Waals surface area contributed by atoms with Crippen LogP contribution in [0, 0.1) is 5.92 Å². The van der Waals surface area contributed by atoms with Crippen molar-refractivity contribution >= 4 is 0 Å². The van der Waals surface area contributed by atoms with E-state index in [4.69, 9.17) is 4.74 Å². The summed E-state index contributed by atoms with van der Waals surface area (Å²) in [6.07, 6.45) is 4.84. The predicted octanol–water partition coefficient (Wildman–Crippen LogP) is 1.08. The molecule has 3 heteroatoms. The molecule has 2 fully saturated rings. The topological polar surface area (TPSA) is 49.7 Å². The van der Waals surface area contributed by atoms with Crippen molar-refractivity contribution in [1.82, 2.24) is 0 Å². The zero-order chi connectivity index (χ0) is 10.2. The van der Waals surface area contributed by atoms with E-state index in [1.165, 1.54) is 0 Å². The molecule has 0 aromatic carbocycles. The van der Waals surface area contributed by atoms with Crippen LogP contribution >= 0.6 is 0 Å².